The van der Waals surface area contributed by atoms with Gasteiger partial charge in [-0.15, -0.1) is 0 Å². The van der Waals surface area contributed by atoms with Gasteiger partial charge < -0.3 is 28.6 Å². The zero-order chi connectivity index (χ0) is 34.1. The monoisotopic (exact) mass is 788 g/mol. The summed E-state index contributed by atoms with van der Waals surface area (Å²) in [5, 5.41) is 21.1. The third kappa shape index (κ3) is 16.5. The van der Waals surface area contributed by atoms with Crippen molar-refractivity contribution in [2.24, 2.45) is 0 Å². The number of nitrogens with one attached hydrogen (secondary N) is 1. The minimum Gasteiger partial charge on any atom is -0.493 e. The van der Waals surface area contributed by atoms with Crippen molar-refractivity contribution in [3.05, 3.63) is 63.1 Å². The summed E-state index contributed by atoms with van der Waals surface area (Å²) in [5.74, 6) is -0.256. The molecular weight excluding hydrogens is 742 g/mol. The predicted molar refractivity (Wildman–Crippen MR) is 173 cm³/mol. The molecule has 259 valence electrons. The van der Waals surface area contributed by atoms with Crippen LogP contribution in [0.2, 0.25) is 10.0 Å². The molecule has 0 amide bonds. The van der Waals surface area contributed by atoms with E-state index >= 15 is 0 Å². The summed E-state index contributed by atoms with van der Waals surface area (Å²) in [6, 6.07) is 9.20. The normalized spacial score (nSPS) is 14.6. The molecule has 1 radical (unpaired) electrons. The number of ether oxygens (including phenoxy) is 1. The van der Waals surface area contributed by atoms with Gasteiger partial charge in [0.2, 0.25) is 0 Å². The zero-order valence-electron chi connectivity index (χ0n) is 27.6. The van der Waals surface area contributed by atoms with Crippen molar-refractivity contribution in [2.75, 3.05) is 13.2 Å². The molecule has 0 aliphatic heterocycles. The van der Waals surface area contributed by atoms with Gasteiger partial charge in [0, 0.05) is 32.7 Å². The average Bonchev–Trinajstić information content (AvgIpc) is 2.91. The van der Waals surface area contributed by atoms with Gasteiger partial charge in [-0.05, 0) is 122 Å². The molecule has 0 heterocycles. The summed E-state index contributed by atoms with van der Waals surface area (Å²) in [5.41, 5.74) is 0.514. The van der Waals surface area contributed by atoms with Gasteiger partial charge in [0.1, 0.15) is 5.75 Å². The van der Waals surface area contributed by atoms with Crippen LogP contribution in [0, 0.1) is 0 Å². The Morgan fingerprint density at radius 3 is 1.98 bits per heavy atom. The standard InChI is InChI=1S/C32H47Cl2F3NO6P.Y/c1-22(39)14-16-31(38-40,21-42-45(43-29(2,3)4)44-30(5,6)7)17-15-24-11-13-28(25(19-24)32(35,36)37)41-18-8-9-23-10-12-26(33)27(34)20-23;/h10-13,19-20,22,38-40H,8-9,14-18,21H2,1-7H3;/t22?,31-;/m0./s1. The number of aryl methyl sites for hydroxylation is 2. The minimum absolute atomic E-state index is 0. The van der Waals surface area contributed by atoms with Gasteiger partial charge >= 0.3 is 14.8 Å². The first-order valence-corrected chi connectivity index (χ1v) is 16.7. The van der Waals surface area contributed by atoms with Crippen molar-refractivity contribution in [1.29, 1.82) is 0 Å². The Balaban J connectivity index is 0.0000106. The summed E-state index contributed by atoms with van der Waals surface area (Å²) in [6.45, 7) is 12.8. The molecule has 0 spiro atoms. The molecule has 2 rings (SSSR count). The maximum Gasteiger partial charge on any atom is 0.419 e. The van der Waals surface area contributed by atoms with E-state index in [1.54, 1.807) is 25.1 Å². The van der Waals surface area contributed by atoms with Crippen LogP contribution in [0.25, 0.3) is 0 Å². The Kier molecular flexibility index (Phi) is 18.5. The molecule has 2 aromatic carbocycles. The maximum absolute atomic E-state index is 14.1. The van der Waals surface area contributed by atoms with Crippen molar-refractivity contribution < 1.29 is 74.5 Å². The molecule has 7 nitrogen and oxygen atoms in total. The van der Waals surface area contributed by atoms with E-state index in [0.717, 1.165) is 11.6 Å². The second-order valence-corrected chi connectivity index (χ2v) is 15.1. The van der Waals surface area contributed by atoms with Gasteiger partial charge in [0.15, 0.2) is 0 Å². The van der Waals surface area contributed by atoms with Gasteiger partial charge in [-0.25, -0.2) is 0 Å². The second-order valence-electron chi connectivity index (χ2n) is 13.2. The van der Waals surface area contributed by atoms with Crippen LogP contribution in [-0.4, -0.2) is 46.4 Å². The largest absolute Gasteiger partial charge is 0.493 e. The second kappa shape index (κ2) is 19.3. The smallest absolute Gasteiger partial charge is 0.419 e. The third-order valence-corrected chi connectivity index (χ3v) is 8.99. The van der Waals surface area contributed by atoms with E-state index in [-0.39, 0.29) is 70.9 Å². The van der Waals surface area contributed by atoms with Gasteiger partial charge in [0.05, 0.1) is 51.7 Å². The van der Waals surface area contributed by atoms with E-state index in [1.807, 2.05) is 47.6 Å². The van der Waals surface area contributed by atoms with Crippen LogP contribution in [0.4, 0.5) is 13.2 Å². The van der Waals surface area contributed by atoms with Crippen LogP contribution in [-0.2, 0) is 65.3 Å². The molecule has 1 unspecified atom stereocenters. The van der Waals surface area contributed by atoms with E-state index in [4.69, 9.17) is 41.5 Å². The van der Waals surface area contributed by atoms with Crippen LogP contribution in [0.5, 0.6) is 5.75 Å². The van der Waals surface area contributed by atoms with Crippen LogP contribution in [0.3, 0.4) is 0 Å². The van der Waals surface area contributed by atoms with Crippen molar-refractivity contribution >= 4 is 31.8 Å². The Bertz CT molecular complexity index is 1200. The number of aliphatic hydroxyl groups is 1. The Morgan fingerprint density at radius 1 is 0.870 bits per heavy atom. The van der Waals surface area contributed by atoms with Crippen molar-refractivity contribution in [3.63, 3.8) is 0 Å². The van der Waals surface area contributed by atoms with Crippen LogP contribution in [0.1, 0.15) is 90.8 Å². The van der Waals surface area contributed by atoms with Gasteiger partial charge in [-0.2, -0.15) is 18.7 Å². The Hall–Kier alpha value is -0.0961. The van der Waals surface area contributed by atoms with Crippen molar-refractivity contribution in [2.45, 2.75) is 116 Å². The molecule has 46 heavy (non-hydrogen) atoms. The van der Waals surface area contributed by atoms with E-state index < -0.39 is 43.2 Å². The number of aliphatic hydroxyl groups excluding tert-OH is 1. The minimum atomic E-state index is -4.64. The predicted octanol–water partition coefficient (Wildman–Crippen LogP) is 9.71. The SMILES string of the molecule is CC(O)CC[C@](CCc1ccc(OCCCc2ccc(Cl)c(Cl)c2)c(C(F)(F)F)c1)(COP(OC(C)(C)C)OC(C)(C)C)NO.[Y]. The van der Waals surface area contributed by atoms with E-state index in [9.17, 15) is 23.5 Å². The molecule has 0 aromatic heterocycles. The van der Waals surface area contributed by atoms with Crippen molar-refractivity contribution in [3.8, 4) is 5.75 Å². The fourth-order valence-corrected chi connectivity index (χ4v) is 5.92. The number of rotatable bonds is 17. The molecule has 2 aromatic rings. The number of halogens is 5. The van der Waals surface area contributed by atoms with Crippen molar-refractivity contribution in [1.82, 2.24) is 5.48 Å². The summed E-state index contributed by atoms with van der Waals surface area (Å²) < 4.78 is 65.9. The first kappa shape index (κ1) is 43.9. The molecule has 0 bridgehead atoms. The molecule has 0 aliphatic carbocycles. The molecule has 0 aliphatic rings. The molecule has 0 fully saturated rings. The van der Waals surface area contributed by atoms with E-state index in [0.29, 0.717) is 34.9 Å². The van der Waals surface area contributed by atoms with Gasteiger partial charge in [-0.1, -0.05) is 35.3 Å². The first-order valence-electron chi connectivity index (χ1n) is 14.9. The number of hydrogen-bond acceptors (Lipinski definition) is 7. The fraction of sp³-hybridized carbons (Fsp3) is 0.625. The molecule has 2 atom stereocenters. The number of hydroxylamine groups is 1. The maximum atomic E-state index is 14.1. The number of alkyl halides is 3. The molecule has 14 heteroatoms. The summed E-state index contributed by atoms with van der Waals surface area (Å²) in [4.78, 5) is 0. The first-order chi connectivity index (χ1) is 20.7. The van der Waals surface area contributed by atoms with E-state index in [2.05, 4.69) is 5.48 Å². The van der Waals surface area contributed by atoms with Crippen LogP contribution in [0.15, 0.2) is 36.4 Å². The number of hydrogen-bond donors (Lipinski definition) is 3. The fourth-order valence-electron chi connectivity index (χ4n) is 4.21. The van der Waals surface area contributed by atoms with Gasteiger partial charge in [-0.3, -0.25) is 0 Å². The molecule has 3 N–H and O–H groups in total. The van der Waals surface area contributed by atoms with Gasteiger partial charge in [0.25, 0.3) is 0 Å². The zero-order valence-corrected chi connectivity index (χ0v) is 32.9. The molecule has 0 saturated heterocycles. The summed E-state index contributed by atoms with van der Waals surface area (Å²) in [7, 11) is -1.84. The van der Waals surface area contributed by atoms with Crippen LogP contribution < -0.4 is 10.2 Å². The van der Waals surface area contributed by atoms with Crippen LogP contribution >= 0.6 is 31.8 Å². The average molecular weight is 790 g/mol. The topological polar surface area (TPSA) is 89.4 Å². The summed E-state index contributed by atoms with van der Waals surface area (Å²) in [6.07, 6.45) is -3.29. The Labute approximate surface area is 308 Å². The third-order valence-electron chi connectivity index (χ3n) is 6.51. The quantitative estimate of drug-likeness (QED) is 0.0836. The Morgan fingerprint density at radius 2 is 1.46 bits per heavy atom. The molecular formula is C32H47Cl2F3NO6PY. The summed E-state index contributed by atoms with van der Waals surface area (Å²) >= 11 is 12.0. The molecule has 0 saturated carbocycles. The van der Waals surface area contributed by atoms with E-state index in [1.165, 1.54) is 6.07 Å². The number of benzene rings is 2.